The number of hydrogen-bond acceptors (Lipinski definition) is 3. The molecule has 19 heavy (non-hydrogen) atoms. The number of rotatable bonds is 3. The Kier molecular flexibility index (Phi) is 3.94. The van der Waals surface area contributed by atoms with Crippen LogP contribution in [0, 0.1) is 5.92 Å². The summed E-state index contributed by atoms with van der Waals surface area (Å²) in [6.45, 7) is 2.14. The molecule has 1 aliphatic carbocycles. The van der Waals surface area contributed by atoms with Crippen LogP contribution in [-0.4, -0.2) is 24.7 Å². The first kappa shape index (κ1) is 14.1. The smallest absolute Gasteiger partial charge is 0.335 e. The van der Waals surface area contributed by atoms with E-state index >= 15 is 0 Å². The number of hydrogen-bond donors (Lipinski definition) is 1. The third kappa shape index (κ3) is 2.97. The van der Waals surface area contributed by atoms with Crippen molar-refractivity contribution in [3.8, 4) is 0 Å². The Labute approximate surface area is 113 Å². The van der Waals surface area contributed by atoms with Gasteiger partial charge in [0.1, 0.15) is 0 Å². The summed E-state index contributed by atoms with van der Waals surface area (Å²) in [5.41, 5.74) is 0.108. The maximum absolute atomic E-state index is 12.4. The van der Waals surface area contributed by atoms with Gasteiger partial charge in [-0.1, -0.05) is 6.92 Å². The Morgan fingerprint density at radius 1 is 1.11 bits per heavy atom. The quantitative estimate of drug-likeness (QED) is 0.925. The van der Waals surface area contributed by atoms with Crippen molar-refractivity contribution in [2.24, 2.45) is 5.92 Å². The SMILES string of the molecule is CC1CCC(S(=O)(=O)c2ccc(C(=O)O)cc2)CC1. The molecule has 0 heterocycles. The summed E-state index contributed by atoms with van der Waals surface area (Å²) in [6, 6.07) is 5.50. The van der Waals surface area contributed by atoms with Gasteiger partial charge in [0, 0.05) is 0 Å². The van der Waals surface area contributed by atoms with Crippen molar-refractivity contribution in [2.75, 3.05) is 0 Å². The van der Waals surface area contributed by atoms with Crippen LogP contribution in [-0.2, 0) is 9.84 Å². The number of carbonyl (C=O) groups is 1. The molecule has 0 spiro atoms. The average molecular weight is 282 g/mol. The average Bonchev–Trinajstić information content (AvgIpc) is 2.39. The minimum absolute atomic E-state index is 0.108. The van der Waals surface area contributed by atoms with Gasteiger partial charge in [-0.05, 0) is 55.9 Å². The highest BCUT2D eigenvalue weighted by molar-refractivity contribution is 7.92. The van der Waals surface area contributed by atoms with E-state index in [9.17, 15) is 13.2 Å². The highest BCUT2D eigenvalue weighted by atomic mass is 32.2. The second-order valence-corrected chi connectivity index (χ2v) is 7.48. The van der Waals surface area contributed by atoms with Crippen LogP contribution in [0.2, 0.25) is 0 Å². The van der Waals surface area contributed by atoms with Crippen LogP contribution in [0.1, 0.15) is 43.0 Å². The predicted molar refractivity (Wildman–Crippen MR) is 72.0 cm³/mol. The summed E-state index contributed by atoms with van der Waals surface area (Å²) in [5.74, 6) is -0.448. The van der Waals surface area contributed by atoms with Gasteiger partial charge in [-0.2, -0.15) is 0 Å². The second-order valence-electron chi connectivity index (χ2n) is 5.26. The normalized spacial score (nSPS) is 24.1. The Balaban J connectivity index is 2.22. The lowest BCUT2D eigenvalue weighted by molar-refractivity contribution is 0.0697. The molecule has 5 heteroatoms. The van der Waals surface area contributed by atoms with Gasteiger partial charge >= 0.3 is 5.97 Å². The molecular weight excluding hydrogens is 264 g/mol. The third-order valence-corrected chi connectivity index (χ3v) is 6.11. The van der Waals surface area contributed by atoms with E-state index in [1.165, 1.54) is 24.3 Å². The molecule has 4 nitrogen and oxygen atoms in total. The molecule has 1 saturated carbocycles. The van der Waals surface area contributed by atoms with Gasteiger partial charge in [-0.3, -0.25) is 0 Å². The van der Waals surface area contributed by atoms with E-state index in [1.807, 2.05) is 0 Å². The Hall–Kier alpha value is -1.36. The number of carboxylic acid groups (broad SMARTS) is 1. The van der Waals surface area contributed by atoms with Crippen molar-refractivity contribution in [3.63, 3.8) is 0 Å². The molecule has 0 unspecified atom stereocenters. The monoisotopic (exact) mass is 282 g/mol. The molecule has 2 rings (SSSR count). The van der Waals surface area contributed by atoms with E-state index in [0.29, 0.717) is 18.8 Å². The van der Waals surface area contributed by atoms with Gasteiger partial charge in [0.2, 0.25) is 0 Å². The molecule has 1 aliphatic rings. The molecule has 104 valence electrons. The van der Waals surface area contributed by atoms with Crippen molar-refractivity contribution in [1.29, 1.82) is 0 Å². The Morgan fingerprint density at radius 3 is 2.11 bits per heavy atom. The molecule has 1 N–H and O–H groups in total. The molecule has 0 amide bonds. The number of benzene rings is 1. The van der Waals surface area contributed by atoms with Crippen molar-refractivity contribution >= 4 is 15.8 Å². The van der Waals surface area contributed by atoms with E-state index in [4.69, 9.17) is 5.11 Å². The van der Waals surface area contributed by atoms with Gasteiger partial charge in [-0.25, -0.2) is 13.2 Å². The molecule has 0 saturated heterocycles. The molecule has 0 aliphatic heterocycles. The van der Waals surface area contributed by atoms with Crippen molar-refractivity contribution in [2.45, 2.75) is 42.8 Å². The predicted octanol–water partition coefficient (Wildman–Crippen LogP) is 2.74. The van der Waals surface area contributed by atoms with Crippen LogP contribution >= 0.6 is 0 Å². The number of sulfone groups is 1. The minimum atomic E-state index is -3.32. The van der Waals surface area contributed by atoms with Crippen LogP contribution < -0.4 is 0 Å². The van der Waals surface area contributed by atoms with Crippen LogP contribution in [0.4, 0.5) is 0 Å². The zero-order valence-corrected chi connectivity index (χ0v) is 11.7. The van der Waals surface area contributed by atoms with Gasteiger partial charge in [0.05, 0.1) is 15.7 Å². The second kappa shape index (κ2) is 5.33. The molecule has 1 aromatic carbocycles. The summed E-state index contributed by atoms with van der Waals surface area (Å²) < 4.78 is 24.9. The summed E-state index contributed by atoms with van der Waals surface area (Å²) >= 11 is 0. The van der Waals surface area contributed by atoms with E-state index < -0.39 is 15.8 Å². The highest BCUT2D eigenvalue weighted by Crippen LogP contribution is 2.31. The Morgan fingerprint density at radius 2 is 1.63 bits per heavy atom. The maximum Gasteiger partial charge on any atom is 0.335 e. The Bertz CT molecular complexity index is 552. The third-order valence-electron chi connectivity index (χ3n) is 3.83. The standard InChI is InChI=1S/C14H18O4S/c1-10-2-6-12(7-3-10)19(17,18)13-8-4-11(5-9-13)14(15)16/h4-5,8-10,12H,2-3,6-7H2,1H3,(H,15,16). The van der Waals surface area contributed by atoms with Crippen molar-refractivity contribution < 1.29 is 18.3 Å². The molecule has 1 aromatic rings. The van der Waals surface area contributed by atoms with E-state index in [0.717, 1.165) is 12.8 Å². The largest absolute Gasteiger partial charge is 0.478 e. The molecule has 0 aromatic heterocycles. The number of carboxylic acids is 1. The van der Waals surface area contributed by atoms with Gasteiger partial charge in [0.25, 0.3) is 0 Å². The van der Waals surface area contributed by atoms with Crippen LogP contribution in [0.3, 0.4) is 0 Å². The summed E-state index contributed by atoms with van der Waals surface area (Å²) in [6.07, 6.45) is 3.28. The molecular formula is C14H18O4S. The molecule has 1 fully saturated rings. The lowest BCUT2D eigenvalue weighted by Gasteiger charge is -2.26. The van der Waals surface area contributed by atoms with Crippen LogP contribution in [0.5, 0.6) is 0 Å². The van der Waals surface area contributed by atoms with E-state index in [-0.39, 0.29) is 15.7 Å². The lowest BCUT2D eigenvalue weighted by Crippen LogP contribution is -2.26. The van der Waals surface area contributed by atoms with Crippen LogP contribution in [0.15, 0.2) is 29.2 Å². The first-order valence-corrected chi connectivity index (χ1v) is 8.03. The zero-order chi connectivity index (χ0) is 14.0. The highest BCUT2D eigenvalue weighted by Gasteiger charge is 2.30. The summed E-state index contributed by atoms with van der Waals surface area (Å²) in [7, 11) is -3.32. The van der Waals surface area contributed by atoms with E-state index in [2.05, 4.69) is 6.92 Å². The molecule has 0 bridgehead atoms. The van der Waals surface area contributed by atoms with Gasteiger partial charge in [-0.15, -0.1) is 0 Å². The van der Waals surface area contributed by atoms with Crippen molar-refractivity contribution in [3.05, 3.63) is 29.8 Å². The topological polar surface area (TPSA) is 71.4 Å². The van der Waals surface area contributed by atoms with Gasteiger partial charge < -0.3 is 5.11 Å². The van der Waals surface area contributed by atoms with E-state index in [1.54, 1.807) is 0 Å². The number of aromatic carboxylic acids is 1. The summed E-state index contributed by atoms with van der Waals surface area (Å²) in [4.78, 5) is 11.0. The van der Waals surface area contributed by atoms with Gasteiger partial charge in [0.15, 0.2) is 9.84 Å². The first-order chi connectivity index (χ1) is 8.91. The fourth-order valence-electron chi connectivity index (χ4n) is 2.52. The summed E-state index contributed by atoms with van der Waals surface area (Å²) in [5, 5.41) is 8.49. The maximum atomic E-state index is 12.4. The zero-order valence-electron chi connectivity index (χ0n) is 10.9. The minimum Gasteiger partial charge on any atom is -0.478 e. The first-order valence-electron chi connectivity index (χ1n) is 6.48. The molecule has 0 atom stereocenters. The van der Waals surface area contributed by atoms with Crippen LogP contribution in [0.25, 0.3) is 0 Å². The fraction of sp³-hybridized carbons (Fsp3) is 0.500. The molecule has 0 radical (unpaired) electrons. The lowest BCUT2D eigenvalue weighted by atomic mass is 9.91. The van der Waals surface area contributed by atoms with Crippen molar-refractivity contribution in [1.82, 2.24) is 0 Å². The fourth-order valence-corrected chi connectivity index (χ4v) is 4.31.